The fraction of sp³-hybridized carbons (Fsp3) is 0.421. The first-order valence-electron chi connectivity index (χ1n) is 8.90. The molecule has 0 spiro atoms. The van der Waals surface area contributed by atoms with Crippen molar-refractivity contribution in [3.63, 3.8) is 0 Å². The molecule has 1 fully saturated rings. The summed E-state index contributed by atoms with van der Waals surface area (Å²) in [5, 5.41) is 4.80. The molecular formula is C19H24N6. The Labute approximate surface area is 147 Å². The fourth-order valence-electron chi connectivity index (χ4n) is 3.75. The molecule has 1 aliphatic rings. The van der Waals surface area contributed by atoms with Crippen LogP contribution in [0.3, 0.4) is 0 Å². The van der Waals surface area contributed by atoms with Crippen LogP contribution < -0.4 is 5.73 Å². The fourth-order valence-corrected chi connectivity index (χ4v) is 3.75. The van der Waals surface area contributed by atoms with E-state index in [9.17, 15) is 0 Å². The number of hydrogen-bond donors (Lipinski definition) is 1. The van der Waals surface area contributed by atoms with Crippen LogP contribution in [0.15, 0.2) is 36.7 Å². The van der Waals surface area contributed by atoms with Crippen molar-refractivity contribution in [1.82, 2.24) is 24.6 Å². The maximum Gasteiger partial charge on any atom is 0.177 e. The van der Waals surface area contributed by atoms with Crippen LogP contribution in [0.4, 0.5) is 0 Å². The van der Waals surface area contributed by atoms with Crippen LogP contribution >= 0.6 is 0 Å². The molecule has 25 heavy (non-hydrogen) atoms. The number of rotatable bonds is 5. The Bertz CT molecular complexity index is 871. The molecular weight excluding hydrogens is 312 g/mol. The molecule has 130 valence electrons. The minimum atomic E-state index is 0.406. The number of aromatic nitrogens is 4. The van der Waals surface area contributed by atoms with Crippen LogP contribution in [0, 0.1) is 6.92 Å². The zero-order valence-corrected chi connectivity index (χ0v) is 14.6. The van der Waals surface area contributed by atoms with Crippen LogP contribution in [0.2, 0.25) is 0 Å². The van der Waals surface area contributed by atoms with Gasteiger partial charge in [-0.2, -0.15) is 5.10 Å². The van der Waals surface area contributed by atoms with Crippen LogP contribution in [-0.4, -0.2) is 44.3 Å². The Kier molecular flexibility index (Phi) is 4.46. The molecule has 0 amide bonds. The van der Waals surface area contributed by atoms with Crippen molar-refractivity contribution in [1.29, 1.82) is 0 Å². The molecule has 0 saturated carbocycles. The van der Waals surface area contributed by atoms with E-state index in [1.54, 1.807) is 12.4 Å². The van der Waals surface area contributed by atoms with E-state index in [0.29, 0.717) is 19.0 Å². The molecule has 0 bridgehead atoms. The highest BCUT2D eigenvalue weighted by atomic mass is 15.3. The van der Waals surface area contributed by atoms with Gasteiger partial charge in [-0.3, -0.25) is 4.90 Å². The Morgan fingerprint density at radius 2 is 2.12 bits per heavy atom. The van der Waals surface area contributed by atoms with Gasteiger partial charge in [-0.1, -0.05) is 29.8 Å². The van der Waals surface area contributed by atoms with Gasteiger partial charge in [0.1, 0.15) is 5.52 Å². The second-order valence-electron chi connectivity index (χ2n) is 6.84. The van der Waals surface area contributed by atoms with Crippen LogP contribution in [0.5, 0.6) is 0 Å². The summed E-state index contributed by atoms with van der Waals surface area (Å²) in [4.78, 5) is 11.5. The van der Waals surface area contributed by atoms with Gasteiger partial charge in [-0.15, -0.1) is 0 Å². The van der Waals surface area contributed by atoms with E-state index in [-0.39, 0.29) is 0 Å². The highest BCUT2D eigenvalue weighted by Gasteiger charge is 2.28. The lowest BCUT2D eigenvalue weighted by Gasteiger charge is -2.16. The molecule has 1 saturated heterocycles. The minimum Gasteiger partial charge on any atom is -0.329 e. The molecule has 0 aliphatic carbocycles. The van der Waals surface area contributed by atoms with Crippen LogP contribution in [0.1, 0.15) is 29.2 Å². The zero-order valence-electron chi connectivity index (χ0n) is 14.6. The highest BCUT2D eigenvalue weighted by Crippen LogP contribution is 2.31. The Morgan fingerprint density at radius 1 is 1.24 bits per heavy atom. The molecule has 2 aromatic heterocycles. The number of likely N-dealkylation sites (tertiary alicyclic amines) is 1. The largest absolute Gasteiger partial charge is 0.329 e. The van der Waals surface area contributed by atoms with Gasteiger partial charge in [0.2, 0.25) is 0 Å². The van der Waals surface area contributed by atoms with Crippen LogP contribution in [0.25, 0.3) is 11.2 Å². The Hall–Kier alpha value is -2.31. The molecule has 6 nitrogen and oxygen atoms in total. The van der Waals surface area contributed by atoms with E-state index in [2.05, 4.69) is 46.1 Å². The van der Waals surface area contributed by atoms with E-state index in [0.717, 1.165) is 42.9 Å². The first kappa shape index (κ1) is 16.2. The maximum absolute atomic E-state index is 5.72. The third-order valence-corrected chi connectivity index (χ3v) is 4.88. The van der Waals surface area contributed by atoms with Crippen molar-refractivity contribution in [2.75, 3.05) is 19.6 Å². The molecule has 0 radical (unpaired) electrons. The summed E-state index contributed by atoms with van der Waals surface area (Å²) >= 11 is 0. The van der Waals surface area contributed by atoms with Crippen molar-refractivity contribution < 1.29 is 0 Å². The smallest absolute Gasteiger partial charge is 0.177 e. The summed E-state index contributed by atoms with van der Waals surface area (Å²) in [6.45, 7) is 6.46. The SMILES string of the molecule is Cc1cccc(CN2CC[C@@H](c3nn(CCN)c4nccnc34)C2)c1. The van der Waals surface area contributed by atoms with Crippen molar-refractivity contribution in [2.45, 2.75) is 32.4 Å². The topological polar surface area (TPSA) is 72.9 Å². The third-order valence-electron chi connectivity index (χ3n) is 4.88. The summed E-state index contributed by atoms with van der Waals surface area (Å²) < 4.78 is 1.90. The lowest BCUT2D eigenvalue weighted by atomic mass is 10.0. The molecule has 6 heteroatoms. The van der Waals surface area contributed by atoms with Gasteiger partial charge in [0, 0.05) is 37.9 Å². The van der Waals surface area contributed by atoms with Gasteiger partial charge < -0.3 is 5.73 Å². The van der Waals surface area contributed by atoms with E-state index in [1.807, 2.05) is 4.68 Å². The predicted octanol–water partition coefficient (Wildman–Crippen LogP) is 2.08. The molecule has 3 aromatic rings. The van der Waals surface area contributed by atoms with Gasteiger partial charge in [-0.05, 0) is 25.5 Å². The highest BCUT2D eigenvalue weighted by molar-refractivity contribution is 5.73. The standard InChI is InChI=1S/C19H24N6/c1-14-3-2-4-15(11-14)12-24-9-5-16(13-24)17-18-19(22-8-7-21-18)25(23-17)10-6-20/h2-4,7-8,11,16H,5-6,9-10,12-13,20H2,1H3/t16-/m1/s1. The van der Waals surface area contributed by atoms with Gasteiger partial charge in [-0.25, -0.2) is 14.6 Å². The van der Waals surface area contributed by atoms with Crippen molar-refractivity contribution in [2.24, 2.45) is 5.73 Å². The number of nitrogens with zero attached hydrogens (tertiary/aromatic N) is 5. The summed E-state index contributed by atoms with van der Waals surface area (Å²) in [6.07, 6.45) is 4.58. The average molecular weight is 336 g/mol. The molecule has 2 N–H and O–H groups in total. The van der Waals surface area contributed by atoms with Crippen molar-refractivity contribution in [3.8, 4) is 0 Å². The van der Waals surface area contributed by atoms with Gasteiger partial charge in [0.15, 0.2) is 5.65 Å². The lowest BCUT2D eigenvalue weighted by Crippen LogP contribution is -2.20. The number of benzene rings is 1. The zero-order chi connectivity index (χ0) is 17.2. The molecule has 1 aromatic carbocycles. The Morgan fingerprint density at radius 3 is 2.96 bits per heavy atom. The van der Waals surface area contributed by atoms with Crippen molar-refractivity contribution in [3.05, 3.63) is 53.5 Å². The van der Waals surface area contributed by atoms with Crippen LogP contribution in [-0.2, 0) is 13.1 Å². The van der Waals surface area contributed by atoms with E-state index in [1.165, 1.54) is 11.1 Å². The van der Waals surface area contributed by atoms with E-state index < -0.39 is 0 Å². The molecule has 3 heterocycles. The first-order chi connectivity index (χ1) is 12.2. The molecule has 1 aliphatic heterocycles. The monoisotopic (exact) mass is 336 g/mol. The van der Waals surface area contributed by atoms with Gasteiger partial charge in [0.25, 0.3) is 0 Å². The molecule has 0 unspecified atom stereocenters. The Balaban J connectivity index is 1.54. The second kappa shape index (κ2) is 6.90. The predicted molar refractivity (Wildman–Crippen MR) is 98.2 cm³/mol. The summed E-state index contributed by atoms with van der Waals surface area (Å²) in [5.41, 5.74) is 11.3. The number of hydrogen-bond acceptors (Lipinski definition) is 5. The normalized spacial score (nSPS) is 18.2. The number of aryl methyl sites for hydroxylation is 1. The van der Waals surface area contributed by atoms with Gasteiger partial charge in [0.05, 0.1) is 12.2 Å². The molecule has 4 rings (SSSR count). The first-order valence-corrected chi connectivity index (χ1v) is 8.90. The van der Waals surface area contributed by atoms with E-state index >= 15 is 0 Å². The maximum atomic E-state index is 5.72. The van der Waals surface area contributed by atoms with Gasteiger partial charge >= 0.3 is 0 Å². The second-order valence-corrected chi connectivity index (χ2v) is 6.84. The minimum absolute atomic E-state index is 0.406. The third kappa shape index (κ3) is 3.27. The van der Waals surface area contributed by atoms with Crippen molar-refractivity contribution >= 4 is 11.2 Å². The lowest BCUT2D eigenvalue weighted by molar-refractivity contribution is 0.326. The van der Waals surface area contributed by atoms with E-state index in [4.69, 9.17) is 10.8 Å². The average Bonchev–Trinajstić information content (AvgIpc) is 3.20. The number of fused-ring (bicyclic) bond motifs is 1. The summed E-state index contributed by atoms with van der Waals surface area (Å²) in [5.74, 6) is 0.406. The quantitative estimate of drug-likeness (QED) is 0.772. The summed E-state index contributed by atoms with van der Waals surface area (Å²) in [7, 11) is 0. The summed E-state index contributed by atoms with van der Waals surface area (Å²) in [6, 6.07) is 8.75. The number of nitrogens with two attached hydrogens (primary N) is 1. The molecule has 1 atom stereocenters.